The summed E-state index contributed by atoms with van der Waals surface area (Å²) in [5, 5.41) is 1.21. The lowest BCUT2D eigenvalue weighted by atomic mass is 10.3. The third-order valence-electron chi connectivity index (χ3n) is 1.73. The molecule has 0 heterocycles. The van der Waals surface area contributed by atoms with Crippen molar-refractivity contribution in [1.82, 2.24) is 0 Å². The Morgan fingerprint density at radius 1 is 1.36 bits per heavy atom. The minimum atomic E-state index is 0.255. The van der Waals surface area contributed by atoms with Gasteiger partial charge in [0.05, 0.1) is 10.0 Å². The summed E-state index contributed by atoms with van der Waals surface area (Å²) >= 11 is 13.4. The van der Waals surface area contributed by atoms with Crippen LogP contribution in [0.2, 0.25) is 10.0 Å². The minimum absolute atomic E-state index is 0.255. The molecule has 4 heteroatoms. The van der Waals surface area contributed by atoms with Crippen molar-refractivity contribution >= 4 is 35.0 Å². The van der Waals surface area contributed by atoms with Crippen LogP contribution in [-0.2, 0) is 0 Å². The first-order chi connectivity index (χ1) is 6.59. The number of benzene rings is 1. The van der Waals surface area contributed by atoms with Crippen LogP contribution in [0, 0.1) is 0 Å². The normalized spacial score (nSPS) is 12.9. The molecule has 1 atom stereocenters. The number of thioether (sulfide) groups is 1. The van der Waals surface area contributed by atoms with Crippen LogP contribution in [0.4, 0.5) is 0 Å². The third-order valence-corrected chi connectivity index (χ3v) is 3.50. The SMILES string of the molecule is CC(N)CCSc1ccc(Cl)c(Cl)c1. The Morgan fingerprint density at radius 2 is 2.07 bits per heavy atom. The van der Waals surface area contributed by atoms with E-state index in [0.29, 0.717) is 10.0 Å². The van der Waals surface area contributed by atoms with E-state index < -0.39 is 0 Å². The van der Waals surface area contributed by atoms with Gasteiger partial charge in [-0.1, -0.05) is 23.2 Å². The Bertz CT molecular complexity index is 302. The van der Waals surface area contributed by atoms with E-state index in [1.54, 1.807) is 11.8 Å². The van der Waals surface area contributed by atoms with Crippen LogP contribution >= 0.6 is 35.0 Å². The first-order valence-corrected chi connectivity index (χ1v) is 6.17. The van der Waals surface area contributed by atoms with Gasteiger partial charge >= 0.3 is 0 Å². The van der Waals surface area contributed by atoms with Crippen molar-refractivity contribution in [1.29, 1.82) is 0 Å². The molecule has 0 spiro atoms. The zero-order valence-corrected chi connectivity index (χ0v) is 10.3. The fraction of sp³-hybridized carbons (Fsp3) is 0.400. The number of rotatable bonds is 4. The van der Waals surface area contributed by atoms with Gasteiger partial charge in [-0.3, -0.25) is 0 Å². The fourth-order valence-electron chi connectivity index (χ4n) is 0.929. The van der Waals surface area contributed by atoms with Gasteiger partial charge in [0.1, 0.15) is 0 Å². The molecule has 0 saturated carbocycles. The van der Waals surface area contributed by atoms with Gasteiger partial charge in [-0.2, -0.15) is 0 Å². The van der Waals surface area contributed by atoms with Gasteiger partial charge in [0.2, 0.25) is 0 Å². The fourth-order valence-corrected chi connectivity index (χ4v) is 2.38. The highest BCUT2D eigenvalue weighted by molar-refractivity contribution is 7.99. The van der Waals surface area contributed by atoms with E-state index in [1.165, 1.54) is 0 Å². The Morgan fingerprint density at radius 3 is 2.64 bits per heavy atom. The maximum Gasteiger partial charge on any atom is 0.0603 e. The monoisotopic (exact) mass is 249 g/mol. The van der Waals surface area contributed by atoms with E-state index >= 15 is 0 Å². The van der Waals surface area contributed by atoms with Gasteiger partial charge in [-0.25, -0.2) is 0 Å². The predicted molar refractivity (Wildman–Crippen MR) is 65.5 cm³/mol. The van der Waals surface area contributed by atoms with Crippen LogP contribution in [0.1, 0.15) is 13.3 Å². The Hall–Kier alpha value is 0.110. The number of nitrogens with two attached hydrogens (primary N) is 1. The van der Waals surface area contributed by atoms with E-state index in [1.807, 2.05) is 25.1 Å². The second-order valence-corrected chi connectivity index (χ2v) is 5.17. The molecule has 1 unspecified atom stereocenters. The van der Waals surface area contributed by atoms with Gasteiger partial charge in [-0.05, 0) is 37.3 Å². The van der Waals surface area contributed by atoms with E-state index in [4.69, 9.17) is 28.9 Å². The molecule has 0 aliphatic rings. The summed E-state index contributed by atoms with van der Waals surface area (Å²) in [6.07, 6.45) is 1.00. The molecule has 1 aromatic carbocycles. The summed E-state index contributed by atoms with van der Waals surface area (Å²) in [6, 6.07) is 5.93. The molecule has 2 N–H and O–H groups in total. The van der Waals surface area contributed by atoms with Crippen molar-refractivity contribution in [2.24, 2.45) is 5.73 Å². The molecule has 0 bridgehead atoms. The van der Waals surface area contributed by atoms with E-state index in [2.05, 4.69) is 0 Å². The number of hydrogen-bond donors (Lipinski definition) is 1. The van der Waals surface area contributed by atoms with Gasteiger partial charge < -0.3 is 5.73 Å². The summed E-state index contributed by atoms with van der Waals surface area (Å²) < 4.78 is 0. The maximum absolute atomic E-state index is 5.89. The zero-order valence-electron chi connectivity index (χ0n) is 7.97. The second-order valence-electron chi connectivity index (χ2n) is 3.19. The Labute approximate surface area is 99.0 Å². The molecule has 0 aromatic heterocycles. The average Bonchev–Trinajstić information content (AvgIpc) is 2.10. The largest absolute Gasteiger partial charge is 0.328 e. The topological polar surface area (TPSA) is 26.0 Å². The molecule has 1 rings (SSSR count). The van der Waals surface area contributed by atoms with Crippen molar-refractivity contribution in [3.8, 4) is 0 Å². The van der Waals surface area contributed by atoms with Crippen LogP contribution < -0.4 is 5.73 Å². The lowest BCUT2D eigenvalue weighted by Crippen LogP contribution is -2.15. The van der Waals surface area contributed by atoms with Crippen LogP contribution in [0.15, 0.2) is 23.1 Å². The van der Waals surface area contributed by atoms with Crippen molar-refractivity contribution < 1.29 is 0 Å². The highest BCUT2D eigenvalue weighted by Crippen LogP contribution is 2.28. The van der Waals surface area contributed by atoms with E-state index in [9.17, 15) is 0 Å². The Kier molecular flexibility index (Phi) is 5.10. The zero-order chi connectivity index (χ0) is 10.6. The van der Waals surface area contributed by atoms with Crippen molar-refractivity contribution in [3.63, 3.8) is 0 Å². The minimum Gasteiger partial charge on any atom is -0.328 e. The molecule has 14 heavy (non-hydrogen) atoms. The molecule has 0 aliphatic heterocycles. The molecule has 0 fully saturated rings. The molecule has 0 amide bonds. The first kappa shape index (κ1) is 12.2. The highest BCUT2D eigenvalue weighted by Gasteiger charge is 2.00. The predicted octanol–water partition coefficient (Wildman–Crippen LogP) is 3.82. The maximum atomic E-state index is 5.89. The molecule has 78 valence electrons. The standard InChI is InChI=1S/C10H13Cl2NS/c1-7(13)4-5-14-8-2-3-9(11)10(12)6-8/h2-3,6-7H,4-5,13H2,1H3. The van der Waals surface area contributed by atoms with E-state index in [0.717, 1.165) is 17.1 Å². The molecule has 0 saturated heterocycles. The van der Waals surface area contributed by atoms with E-state index in [-0.39, 0.29) is 6.04 Å². The highest BCUT2D eigenvalue weighted by atomic mass is 35.5. The van der Waals surface area contributed by atoms with Gasteiger partial charge in [-0.15, -0.1) is 11.8 Å². The molecule has 0 aliphatic carbocycles. The number of halogens is 2. The van der Waals surface area contributed by atoms with Crippen LogP contribution in [0.3, 0.4) is 0 Å². The Balaban J connectivity index is 2.47. The van der Waals surface area contributed by atoms with Crippen LogP contribution in [-0.4, -0.2) is 11.8 Å². The molecular weight excluding hydrogens is 237 g/mol. The van der Waals surface area contributed by atoms with Crippen molar-refractivity contribution in [2.75, 3.05) is 5.75 Å². The summed E-state index contributed by atoms with van der Waals surface area (Å²) in [4.78, 5) is 1.14. The molecule has 1 aromatic rings. The molecule has 1 nitrogen and oxygen atoms in total. The summed E-state index contributed by atoms with van der Waals surface area (Å²) in [5.74, 6) is 1.01. The molecular formula is C10H13Cl2NS. The summed E-state index contributed by atoms with van der Waals surface area (Å²) in [7, 11) is 0. The third kappa shape index (κ3) is 4.09. The summed E-state index contributed by atoms with van der Waals surface area (Å²) in [6.45, 7) is 2.01. The van der Waals surface area contributed by atoms with Crippen molar-refractivity contribution in [3.05, 3.63) is 28.2 Å². The number of hydrogen-bond acceptors (Lipinski definition) is 2. The molecule has 0 radical (unpaired) electrons. The van der Waals surface area contributed by atoms with Gasteiger partial charge in [0.25, 0.3) is 0 Å². The first-order valence-electron chi connectivity index (χ1n) is 4.43. The lowest BCUT2D eigenvalue weighted by Gasteiger charge is -2.05. The second kappa shape index (κ2) is 5.86. The van der Waals surface area contributed by atoms with Crippen LogP contribution in [0.5, 0.6) is 0 Å². The van der Waals surface area contributed by atoms with Crippen molar-refractivity contribution in [2.45, 2.75) is 24.3 Å². The van der Waals surface area contributed by atoms with Gasteiger partial charge in [0, 0.05) is 10.9 Å². The quantitative estimate of drug-likeness (QED) is 0.822. The lowest BCUT2D eigenvalue weighted by molar-refractivity contribution is 0.721. The average molecular weight is 250 g/mol. The van der Waals surface area contributed by atoms with Crippen LogP contribution in [0.25, 0.3) is 0 Å². The smallest absolute Gasteiger partial charge is 0.0603 e. The van der Waals surface area contributed by atoms with Gasteiger partial charge in [0.15, 0.2) is 0 Å². The summed E-state index contributed by atoms with van der Waals surface area (Å²) in [5.41, 5.74) is 5.65.